The van der Waals surface area contributed by atoms with E-state index in [0.29, 0.717) is 64.2 Å². The molecule has 17 atom stereocenters. The summed E-state index contributed by atoms with van der Waals surface area (Å²) in [6.45, 7) is 19.1. The lowest BCUT2D eigenvalue weighted by Gasteiger charge is -2.44. The average molecular weight is 1670 g/mol. The number of nitrogens with zero attached hydrogens (tertiary/aromatic N) is 2. The Hall–Kier alpha value is -7.12. The van der Waals surface area contributed by atoms with Crippen LogP contribution in [0.4, 0.5) is 0 Å². The summed E-state index contributed by atoms with van der Waals surface area (Å²) in [5, 5.41) is 14.3. The van der Waals surface area contributed by atoms with E-state index >= 15 is 0 Å². The molecule has 0 spiro atoms. The molecule has 35 nitrogen and oxygen atoms in total. The minimum absolute atomic E-state index is 0.0787. The Labute approximate surface area is 671 Å². The van der Waals surface area contributed by atoms with Gasteiger partial charge >= 0.3 is 41.8 Å². The summed E-state index contributed by atoms with van der Waals surface area (Å²) >= 11 is 5.12. The summed E-state index contributed by atoms with van der Waals surface area (Å²) in [5.41, 5.74) is 0. The maximum Gasteiger partial charge on any atom is 0.307 e. The number of ether oxygens (including phenoxy) is 13. The molecule has 3 fully saturated rings. The fourth-order valence-electron chi connectivity index (χ4n) is 13.2. The Bertz CT molecular complexity index is 3180. The molecule has 0 bridgehead atoms. The first kappa shape index (κ1) is 100. The van der Waals surface area contributed by atoms with Crippen LogP contribution < -0.4 is 26.6 Å². The molecule has 3 saturated heterocycles. The van der Waals surface area contributed by atoms with Gasteiger partial charge < -0.3 is 98.0 Å². The zero-order valence-electron chi connectivity index (χ0n) is 67.8. The van der Waals surface area contributed by atoms with Crippen LogP contribution in [0.25, 0.3) is 0 Å². The lowest BCUT2D eigenvalue weighted by atomic mass is 9.88. The molecule has 644 valence electrons. The van der Waals surface area contributed by atoms with E-state index in [1.54, 1.807) is 32.6 Å². The molecule has 113 heavy (non-hydrogen) atoms. The van der Waals surface area contributed by atoms with Crippen LogP contribution in [0.2, 0.25) is 0 Å². The maximum absolute atomic E-state index is 14.5. The Balaban J connectivity index is 1.74. The van der Waals surface area contributed by atoms with Gasteiger partial charge in [0.2, 0.25) is 35.4 Å². The number of carbonyl (C=O) groups excluding carboxylic acids is 15. The van der Waals surface area contributed by atoms with Crippen molar-refractivity contribution in [2.75, 3.05) is 84.7 Å². The Morgan fingerprint density at radius 1 is 0.434 bits per heavy atom. The lowest BCUT2D eigenvalue weighted by Crippen LogP contribution is -2.62. The number of ketones is 1. The van der Waals surface area contributed by atoms with Crippen LogP contribution in [0.1, 0.15) is 206 Å². The number of esters is 7. The third kappa shape index (κ3) is 40.3. The molecule has 3 rings (SSSR count). The number of unbranched alkanes of at least 4 members (excludes halogenated alkanes) is 6. The highest BCUT2D eigenvalue weighted by Gasteiger charge is 2.50. The van der Waals surface area contributed by atoms with Crippen LogP contribution in [0.15, 0.2) is 0 Å². The molecule has 0 saturated carbocycles. The van der Waals surface area contributed by atoms with Crippen molar-refractivity contribution in [1.29, 1.82) is 0 Å². The molecule has 0 radical (unpaired) electrons. The number of Topliss-reactive ketones (excluding diaryl/α,β-unsaturated/α-hetero) is 1. The number of rotatable bonds is 53. The van der Waals surface area contributed by atoms with E-state index in [1.807, 2.05) is 0 Å². The topological polar surface area (TPSA) is 443 Å². The van der Waals surface area contributed by atoms with Crippen molar-refractivity contribution in [3.8, 4) is 0 Å². The Morgan fingerprint density at radius 2 is 0.779 bits per heavy atom. The monoisotopic (exact) mass is 1670 g/mol. The Morgan fingerprint density at radius 3 is 1.12 bits per heavy atom. The van der Waals surface area contributed by atoms with E-state index in [1.165, 1.54) is 67.2 Å². The van der Waals surface area contributed by atoms with Gasteiger partial charge in [0, 0.05) is 165 Å². The first-order valence-electron chi connectivity index (χ1n) is 39.0. The number of amides is 7. The van der Waals surface area contributed by atoms with Crippen molar-refractivity contribution in [2.45, 2.75) is 285 Å². The van der Waals surface area contributed by atoms with Crippen LogP contribution in [-0.4, -0.2) is 263 Å². The smallest absolute Gasteiger partial charge is 0.307 e. The zero-order chi connectivity index (χ0) is 84.3. The molecular formula is C75H124N7O28PS2. The van der Waals surface area contributed by atoms with Gasteiger partial charge in [-0.3, -0.25) is 71.9 Å². The van der Waals surface area contributed by atoms with Crippen molar-refractivity contribution in [3.05, 3.63) is 0 Å². The largest absolute Gasteiger partial charge is 0.463 e. The number of hydrogen-bond acceptors (Lipinski definition) is 29. The van der Waals surface area contributed by atoms with Crippen molar-refractivity contribution in [1.82, 2.24) is 36.4 Å². The van der Waals surface area contributed by atoms with E-state index in [-0.39, 0.29) is 177 Å². The van der Waals surface area contributed by atoms with Gasteiger partial charge in [0.05, 0.1) is 30.3 Å². The number of thiol groups is 1. The van der Waals surface area contributed by atoms with Gasteiger partial charge in [-0.2, -0.15) is 0 Å². The quantitative estimate of drug-likeness (QED) is 0.0167. The molecule has 3 aliphatic rings. The van der Waals surface area contributed by atoms with Crippen LogP contribution in [0, 0.1) is 17.8 Å². The highest BCUT2D eigenvalue weighted by Crippen LogP contribution is 2.33. The van der Waals surface area contributed by atoms with E-state index < -0.39 is 154 Å². The summed E-state index contributed by atoms with van der Waals surface area (Å²) < 4.78 is 74.7. The predicted molar refractivity (Wildman–Crippen MR) is 413 cm³/mol. The molecule has 5 N–H and O–H groups in total. The molecule has 3 aliphatic heterocycles. The second-order valence-corrected chi connectivity index (χ2v) is 33.5. The molecule has 3 heterocycles. The van der Waals surface area contributed by atoms with Crippen molar-refractivity contribution in [2.24, 2.45) is 17.8 Å². The van der Waals surface area contributed by atoms with Crippen LogP contribution in [-0.2, 0) is 153 Å². The molecule has 0 aromatic carbocycles. The van der Waals surface area contributed by atoms with Crippen molar-refractivity contribution < 1.29 is 133 Å². The van der Waals surface area contributed by atoms with E-state index in [2.05, 4.69) is 34.6 Å². The minimum atomic E-state index is -1.22. The first-order valence-corrected chi connectivity index (χ1v) is 42.9. The molecule has 8 unspecified atom stereocenters. The van der Waals surface area contributed by atoms with Crippen molar-refractivity contribution in [3.63, 3.8) is 0 Å². The van der Waals surface area contributed by atoms with Crippen LogP contribution >= 0.6 is 8.02 Å². The molecular weight excluding hydrogens is 1540 g/mol. The second kappa shape index (κ2) is 54.7. The predicted octanol–water partition coefficient (Wildman–Crippen LogP) is 3.40. The van der Waals surface area contributed by atoms with E-state index in [4.69, 9.17) is 72.8 Å². The number of nitrogens with one attached hydrogen (secondary N) is 5. The summed E-state index contributed by atoms with van der Waals surface area (Å²) in [6, 6.07) is -2.19. The standard InChI is InChI=1S/C75H124N7O28PS2/c1-14-58(107-65(96)31-30-57(92)44-113(111)112)72(97)82(35-25-33-77-63(94)28-19-16-22-39-99-74-67(79-49(6)84)46(3)70(105-55(12)90)60(109-74)42-102-52(9)87)37-26-36-81(64(95)29-20-17-23-40-100-75-68(80-50(7)85)47(4)71(106-56(13)91)61(110-75)43-103-53(10)88)34-24-32-76-62(93)27-18-15-21-38-98-73-66(78-48(5)83)45(2)69(104-54(11)89)59(108-73)41-101-51(8)86/h45-47,58-61,66-71,73-75,111,113H,14-44H2,1-13H3,(H,76,93)(H,77,94)(H,78,83)(H,79,84)(H,80,85)/t45-,46-,47-,58?,59?,60?,61?,66?,67?,68?,69-,70-,71-,73-,74-,75-/m1/s1. The summed E-state index contributed by atoms with van der Waals surface area (Å²) in [6.07, 6.45) is -3.97. The molecule has 38 heteroatoms. The Kier molecular flexibility index (Phi) is 48.4. The average Bonchev–Trinajstić information content (AvgIpc) is 0.807. The van der Waals surface area contributed by atoms with Gasteiger partial charge in [-0.1, -0.05) is 66.2 Å². The normalized spacial score (nSPS) is 23.7. The highest BCUT2D eigenvalue weighted by atomic mass is 32.9. The van der Waals surface area contributed by atoms with Gasteiger partial charge in [-0.15, -0.1) is 8.63 Å². The first-order chi connectivity index (χ1) is 53.5. The molecule has 0 aromatic heterocycles. The summed E-state index contributed by atoms with van der Waals surface area (Å²) in [7, 11) is 2.15. The summed E-state index contributed by atoms with van der Waals surface area (Å²) in [4.78, 5) is 192. The number of carbonyl (C=O) groups is 15. The SMILES string of the molecule is CCC(OC(=O)CCC(=O)C[SH](=P)=S)C(=O)N(CCCNC(=O)CCCCCO[C@@H]1OC(COC(C)=O)[C@H](OC(C)=O)[C@H](C)C1NC(C)=O)CCCN(CCCNC(=O)CCCCCO[C@@H]1OC(COC(C)=O)[C@H](OC(C)=O)[C@H](C)C1NC(C)=O)C(=O)CCCCCO[C@@H]1OC(COC(C)=O)[C@H](OC(C)=O)[C@H](C)C1NC(C)=O. The lowest BCUT2D eigenvalue weighted by molar-refractivity contribution is -0.262. The third-order valence-corrected chi connectivity index (χ3v) is 20.2. The summed E-state index contributed by atoms with van der Waals surface area (Å²) in [5.74, 6) is -8.22. The minimum Gasteiger partial charge on any atom is -0.463 e. The van der Waals surface area contributed by atoms with Crippen LogP contribution in [0.5, 0.6) is 0 Å². The molecule has 0 aliphatic carbocycles. The fourth-order valence-corrected chi connectivity index (χ4v) is 14.6. The third-order valence-electron chi connectivity index (χ3n) is 18.7. The van der Waals surface area contributed by atoms with Gasteiger partial charge in [0.1, 0.15) is 62.2 Å². The van der Waals surface area contributed by atoms with E-state index in [9.17, 15) is 71.9 Å². The second-order valence-electron chi connectivity index (χ2n) is 28.5. The van der Waals surface area contributed by atoms with Gasteiger partial charge in [0.25, 0.3) is 5.91 Å². The maximum atomic E-state index is 14.5. The van der Waals surface area contributed by atoms with Crippen molar-refractivity contribution >= 4 is 117 Å². The molecule has 7 amide bonds. The number of hydrogen-bond donors (Lipinski definition) is 6. The van der Waals surface area contributed by atoms with E-state index in [0.717, 1.165) is 0 Å². The zero-order valence-corrected chi connectivity index (χ0v) is 70.5. The van der Waals surface area contributed by atoms with Gasteiger partial charge in [0.15, 0.2) is 25.0 Å². The van der Waals surface area contributed by atoms with Gasteiger partial charge in [-0.05, 0) is 64.2 Å². The van der Waals surface area contributed by atoms with Crippen LogP contribution in [0.3, 0.4) is 0 Å². The molecule has 0 aromatic rings. The fraction of sp³-hybridized carbons (Fsp3) is 0.800. The highest BCUT2D eigenvalue weighted by molar-refractivity contribution is 8.39. The van der Waals surface area contributed by atoms with Gasteiger partial charge in [-0.25, -0.2) is 0 Å².